The van der Waals surface area contributed by atoms with Crippen LogP contribution in [0.4, 0.5) is 0 Å². The molecule has 0 fully saturated rings. The maximum absolute atomic E-state index is 11.1. The first-order chi connectivity index (χ1) is 5.45. The standard InChI is InChI=1S/C10H19O2/c1-4-5-6-7-9(11)8-10(2,3)12/h4-8H2,1-3H3. The largest absolute Gasteiger partial charge is 0.300 e. The molecule has 0 unspecified atom stereocenters. The Morgan fingerprint density at radius 2 is 1.83 bits per heavy atom. The summed E-state index contributed by atoms with van der Waals surface area (Å²) in [6.07, 6.45) is 3.90. The minimum absolute atomic E-state index is 0.114. The van der Waals surface area contributed by atoms with Crippen LogP contribution in [0.2, 0.25) is 0 Å². The van der Waals surface area contributed by atoms with Crippen molar-refractivity contribution >= 4 is 5.78 Å². The SMILES string of the molecule is CCCCCC(=O)CC(C)(C)[O]. The molecule has 0 heterocycles. The molecule has 12 heavy (non-hydrogen) atoms. The van der Waals surface area contributed by atoms with Gasteiger partial charge in [-0.05, 0) is 20.3 Å². The van der Waals surface area contributed by atoms with Gasteiger partial charge in [0.15, 0.2) is 0 Å². The van der Waals surface area contributed by atoms with Gasteiger partial charge < -0.3 is 0 Å². The van der Waals surface area contributed by atoms with Gasteiger partial charge in [-0.2, -0.15) is 0 Å². The van der Waals surface area contributed by atoms with Crippen molar-refractivity contribution in [1.29, 1.82) is 0 Å². The molecular formula is C10H19O2. The molecule has 71 valence electrons. The van der Waals surface area contributed by atoms with Gasteiger partial charge in [-0.15, -0.1) is 0 Å². The molecule has 0 rings (SSSR count). The summed E-state index contributed by atoms with van der Waals surface area (Å²) in [4.78, 5) is 11.1. The van der Waals surface area contributed by atoms with E-state index < -0.39 is 5.60 Å². The lowest BCUT2D eigenvalue weighted by Gasteiger charge is -2.12. The quantitative estimate of drug-likeness (QED) is 0.566. The molecule has 0 aromatic heterocycles. The Morgan fingerprint density at radius 3 is 2.25 bits per heavy atom. The van der Waals surface area contributed by atoms with E-state index in [4.69, 9.17) is 0 Å². The molecule has 2 heteroatoms. The van der Waals surface area contributed by atoms with Crippen LogP contribution >= 0.6 is 0 Å². The van der Waals surface area contributed by atoms with Crippen molar-refractivity contribution in [1.82, 2.24) is 0 Å². The van der Waals surface area contributed by atoms with Gasteiger partial charge in [-0.3, -0.25) is 4.79 Å². The van der Waals surface area contributed by atoms with Crippen LogP contribution in [0.15, 0.2) is 0 Å². The first-order valence-corrected chi connectivity index (χ1v) is 4.68. The van der Waals surface area contributed by atoms with Crippen molar-refractivity contribution in [3.63, 3.8) is 0 Å². The molecule has 0 saturated heterocycles. The zero-order valence-corrected chi connectivity index (χ0v) is 8.35. The predicted octanol–water partition coefficient (Wildman–Crippen LogP) is 2.74. The van der Waals surface area contributed by atoms with Crippen molar-refractivity contribution in [3.05, 3.63) is 0 Å². The molecule has 0 N–H and O–H groups in total. The molecule has 0 aromatic rings. The average Bonchev–Trinajstić information content (AvgIpc) is 1.84. The van der Waals surface area contributed by atoms with Crippen molar-refractivity contribution in [2.75, 3.05) is 0 Å². The highest BCUT2D eigenvalue weighted by Gasteiger charge is 2.19. The van der Waals surface area contributed by atoms with Crippen LogP contribution in [-0.2, 0) is 9.90 Å². The van der Waals surface area contributed by atoms with Crippen molar-refractivity contribution < 1.29 is 9.90 Å². The summed E-state index contributed by atoms with van der Waals surface area (Å²) in [5.41, 5.74) is -1.08. The van der Waals surface area contributed by atoms with E-state index in [9.17, 15) is 9.90 Å². The van der Waals surface area contributed by atoms with Crippen LogP contribution < -0.4 is 0 Å². The normalized spacial score (nSPS) is 11.7. The average molecular weight is 171 g/mol. The monoisotopic (exact) mass is 171 g/mol. The third-order valence-electron chi connectivity index (χ3n) is 1.68. The van der Waals surface area contributed by atoms with Crippen LogP contribution in [0.25, 0.3) is 0 Å². The minimum Gasteiger partial charge on any atom is -0.300 e. The number of rotatable bonds is 6. The van der Waals surface area contributed by atoms with E-state index in [1.54, 1.807) is 13.8 Å². The maximum atomic E-state index is 11.1. The summed E-state index contributed by atoms with van der Waals surface area (Å²) in [7, 11) is 0. The lowest BCUT2D eigenvalue weighted by molar-refractivity contribution is -0.125. The lowest BCUT2D eigenvalue weighted by atomic mass is 9.99. The van der Waals surface area contributed by atoms with Gasteiger partial charge in [0, 0.05) is 12.8 Å². The van der Waals surface area contributed by atoms with E-state index in [2.05, 4.69) is 6.92 Å². The predicted molar refractivity (Wildman–Crippen MR) is 48.5 cm³/mol. The lowest BCUT2D eigenvalue weighted by Crippen LogP contribution is -2.21. The smallest absolute Gasteiger partial charge is 0.135 e. The second-order valence-corrected chi connectivity index (χ2v) is 3.93. The number of hydrogen-bond acceptors (Lipinski definition) is 1. The molecule has 0 aliphatic heterocycles. The van der Waals surface area contributed by atoms with Gasteiger partial charge in [0.25, 0.3) is 0 Å². The zero-order chi connectivity index (χ0) is 9.61. The second kappa shape index (κ2) is 5.31. The Kier molecular flexibility index (Phi) is 5.14. The molecule has 0 bridgehead atoms. The Labute approximate surface area is 75.0 Å². The first-order valence-electron chi connectivity index (χ1n) is 4.68. The summed E-state index contributed by atoms with van der Waals surface area (Å²) < 4.78 is 0. The summed E-state index contributed by atoms with van der Waals surface area (Å²) in [6, 6.07) is 0. The summed E-state index contributed by atoms with van der Waals surface area (Å²) in [6.45, 7) is 5.22. The van der Waals surface area contributed by atoms with Gasteiger partial charge in [0.05, 0.1) is 0 Å². The molecule has 0 spiro atoms. The van der Waals surface area contributed by atoms with Crippen molar-refractivity contribution in [3.8, 4) is 0 Å². The van der Waals surface area contributed by atoms with Gasteiger partial charge in [-0.1, -0.05) is 19.8 Å². The highest BCUT2D eigenvalue weighted by molar-refractivity contribution is 5.79. The van der Waals surface area contributed by atoms with Crippen LogP contribution in [0.3, 0.4) is 0 Å². The van der Waals surface area contributed by atoms with E-state index >= 15 is 0 Å². The van der Waals surface area contributed by atoms with E-state index in [1.807, 2.05) is 0 Å². The number of carbonyl (C=O) groups excluding carboxylic acids is 1. The maximum Gasteiger partial charge on any atom is 0.135 e. The Hall–Kier alpha value is -0.370. The van der Waals surface area contributed by atoms with Gasteiger partial charge in [0.2, 0.25) is 0 Å². The number of ketones is 1. The molecule has 0 aromatic carbocycles. The molecule has 0 amide bonds. The second-order valence-electron chi connectivity index (χ2n) is 3.93. The first kappa shape index (κ1) is 11.6. The number of unbranched alkanes of at least 4 members (excludes halogenated alkanes) is 2. The van der Waals surface area contributed by atoms with Crippen LogP contribution in [-0.4, -0.2) is 11.4 Å². The Balaban J connectivity index is 3.47. The Bertz CT molecular complexity index is 133. The topological polar surface area (TPSA) is 37.0 Å². The molecule has 1 radical (unpaired) electrons. The van der Waals surface area contributed by atoms with Gasteiger partial charge in [0.1, 0.15) is 11.4 Å². The van der Waals surface area contributed by atoms with E-state index in [0.29, 0.717) is 6.42 Å². The van der Waals surface area contributed by atoms with Crippen LogP contribution in [0, 0.1) is 0 Å². The molecule has 2 nitrogen and oxygen atoms in total. The minimum atomic E-state index is -1.08. The number of hydrogen-bond donors (Lipinski definition) is 0. The zero-order valence-electron chi connectivity index (χ0n) is 8.35. The summed E-state index contributed by atoms with van der Waals surface area (Å²) >= 11 is 0. The van der Waals surface area contributed by atoms with E-state index in [1.165, 1.54) is 0 Å². The van der Waals surface area contributed by atoms with E-state index in [-0.39, 0.29) is 12.2 Å². The fraction of sp³-hybridized carbons (Fsp3) is 0.900. The van der Waals surface area contributed by atoms with Crippen LogP contribution in [0.5, 0.6) is 0 Å². The Morgan fingerprint density at radius 1 is 1.25 bits per heavy atom. The summed E-state index contributed by atoms with van der Waals surface area (Å²) in [5, 5.41) is 11.1. The van der Waals surface area contributed by atoms with Crippen molar-refractivity contribution in [2.45, 2.75) is 58.5 Å². The van der Waals surface area contributed by atoms with E-state index in [0.717, 1.165) is 19.3 Å². The third-order valence-corrected chi connectivity index (χ3v) is 1.68. The fourth-order valence-corrected chi connectivity index (χ4v) is 1.14. The molecular weight excluding hydrogens is 152 g/mol. The van der Waals surface area contributed by atoms with Gasteiger partial charge >= 0.3 is 0 Å². The molecule has 0 atom stereocenters. The fourth-order valence-electron chi connectivity index (χ4n) is 1.14. The van der Waals surface area contributed by atoms with Crippen molar-refractivity contribution in [2.24, 2.45) is 0 Å². The highest BCUT2D eigenvalue weighted by atomic mass is 16.3. The summed E-state index contributed by atoms with van der Waals surface area (Å²) in [5.74, 6) is 0.114. The highest BCUT2D eigenvalue weighted by Crippen LogP contribution is 2.12. The third kappa shape index (κ3) is 7.73. The number of carbonyl (C=O) groups is 1. The molecule has 0 aliphatic carbocycles. The molecule has 0 saturated carbocycles. The van der Waals surface area contributed by atoms with Gasteiger partial charge in [-0.25, -0.2) is 5.11 Å². The molecule has 0 aliphatic rings. The van der Waals surface area contributed by atoms with Crippen LogP contribution in [0.1, 0.15) is 52.9 Å². The number of Topliss-reactive ketones (excluding diaryl/α,β-unsaturated/α-hetero) is 1.